The van der Waals surface area contributed by atoms with Crippen LogP contribution in [0.3, 0.4) is 0 Å². The minimum Gasteiger partial charge on any atom is -0.492 e. The summed E-state index contributed by atoms with van der Waals surface area (Å²) in [4.78, 5) is 9.98. The highest BCUT2D eigenvalue weighted by atomic mass is 35.5. The molecule has 0 aliphatic rings. The van der Waals surface area contributed by atoms with Crippen molar-refractivity contribution in [2.45, 2.75) is 12.3 Å². The van der Waals surface area contributed by atoms with Crippen molar-refractivity contribution in [3.63, 3.8) is 0 Å². The number of hydrogen-bond acceptors (Lipinski definition) is 4. The van der Waals surface area contributed by atoms with Crippen LogP contribution in [-0.4, -0.2) is 11.5 Å². The fourth-order valence-corrected chi connectivity index (χ4v) is 2.58. The van der Waals surface area contributed by atoms with E-state index in [0.717, 1.165) is 0 Å². The van der Waals surface area contributed by atoms with E-state index in [4.69, 9.17) is 44.0 Å². The summed E-state index contributed by atoms with van der Waals surface area (Å²) >= 11 is 18.5. The Hall–Kier alpha value is -1.43. The van der Waals surface area contributed by atoms with E-state index in [9.17, 15) is 10.1 Å². The van der Waals surface area contributed by atoms with Gasteiger partial charge in [-0.25, -0.2) is 0 Å². The third-order valence-electron chi connectivity index (χ3n) is 2.67. The lowest BCUT2D eigenvalue weighted by molar-refractivity contribution is -0.402. The van der Waals surface area contributed by atoms with Gasteiger partial charge >= 0.3 is 5.88 Å². The number of rotatable bonds is 5. The molecule has 0 N–H and O–H groups in total. The van der Waals surface area contributed by atoms with Crippen LogP contribution in [-0.2, 0) is 0 Å². The number of nitrogens with zero attached hydrogens (tertiary/aromatic N) is 1. The Morgan fingerprint density at radius 1 is 1.33 bits per heavy atom. The molecule has 8 heteroatoms. The zero-order valence-electron chi connectivity index (χ0n) is 10.8. The first-order chi connectivity index (χ1) is 9.93. The third kappa shape index (κ3) is 3.43. The third-order valence-corrected chi connectivity index (χ3v) is 3.74. The van der Waals surface area contributed by atoms with Gasteiger partial charge in [-0.3, -0.25) is 10.1 Å². The van der Waals surface area contributed by atoms with Crippen molar-refractivity contribution in [1.82, 2.24) is 0 Å². The summed E-state index contributed by atoms with van der Waals surface area (Å²) < 4.78 is 10.4. The van der Waals surface area contributed by atoms with E-state index in [1.54, 1.807) is 12.1 Å². The van der Waals surface area contributed by atoms with E-state index in [1.807, 2.05) is 6.92 Å². The molecule has 2 aromatic rings. The Bertz CT molecular complexity index is 671. The lowest BCUT2D eigenvalue weighted by Crippen LogP contribution is -1.97. The zero-order valence-corrected chi connectivity index (χ0v) is 13.1. The standard InChI is InChI=1S/C13H10Cl3NO4/c1-2-20-11-6-8(14)7(5-9(11)15)13(16)10-3-4-12(21-10)17(18)19/h3-6,13H,2H2,1H3. The molecule has 0 spiro atoms. The van der Waals surface area contributed by atoms with Crippen LogP contribution in [0.2, 0.25) is 10.0 Å². The smallest absolute Gasteiger partial charge is 0.433 e. The number of alkyl halides is 1. The van der Waals surface area contributed by atoms with Crippen LogP contribution in [0.4, 0.5) is 5.88 Å². The molecule has 0 bridgehead atoms. The largest absolute Gasteiger partial charge is 0.492 e. The molecule has 2 rings (SSSR count). The van der Waals surface area contributed by atoms with Crippen LogP contribution in [0, 0.1) is 10.1 Å². The van der Waals surface area contributed by atoms with Crippen LogP contribution in [0.15, 0.2) is 28.7 Å². The summed E-state index contributed by atoms with van der Waals surface area (Å²) in [5.74, 6) is 0.275. The zero-order chi connectivity index (χ0) is 15.6. The van der Waals surface area contributed by atoms with Gasteiger partial charge in [0, 0.05) is 11.1 Å². The van der Waals surface area contributed by atoms with Gasteiger partial charge in [-0.05, 0) is 24.6 Å². The molecule has 1 heterocycles. The number of nitro groups is 1. The quantitative estimate of drug-likeness (QED) is 0.421. The predicted octanol–water partition coefficient (Wildman–Crippen LogP) is 5.22. The number of ether oxygens (including phenoxy) is 1. The first-order valence-electron chi connectivity index (χ1n) is 5.94. The molecule has 0 saturated carbocycles. The Labute approximate surface area is 135 Å². The molecule has 1 unspecified atom stereocenters. The van der Waals surface area contributed by atoms with Crippen LogP contribution < -0.4 is 4.74 Å². The number of benzene rings is 1. The first kappa shape index (κ1) is 15.9. The molecule has 0 amide bonds. The molecule has 0 radical (unpaired) electrons. The average molecular weight is 351 g/mol. The lowest BCUT2D eigenvalue weighted by atomic mass is 10.1. The Kier molecular flexibility index (Phi) is 4.98. The molecule has 1 atom stereocenters. The summed E-state index contributed by atoms with van der Waals surface area (Å²) in [5.41, 5.74) is 0.482. The molecule has 0 fully saturated rings. The molecule has 21 heavy (non-hydrogen) atoms. The van der Waals surface area contributed by atoms with Crippen molar-refractivity contribution >= 4 is 40.7 Å². The normalized spacial score (nSPS) is 12.2. The van der Waals surface area contributed by atoms with E-state index in [2.05, 4.69) is 0 Å². The summed E-state index contributed by atoms with van der Waals surface area (Å²) in [6.07, 6.45) is 0. The maximum absolute atomic E-state index is 10.6. The SMILES string of the molecule is CCOc1cc(Cl)c(C(Cl)c2ccc([N+](=O)[O-])o2)cc1Cl. The fourth-order valence-electron chi connectivity index (χ4n) is 1.73. The Morgan fingerprint density at radius 2 is 2.05 bits per heavy atom. The second-order valence-electron chi connectivity index (χ2n) is 4.03. The van der Waals surface area contributed by atoms with Crippen LogP contribution in [0.1, 0.15) is 23.6 Å². The highest BCUT2D eigenvalue weighted by Crippen LogP contribution is 2.40. The minimum atomic E-state index is -0.792. The van der Waals surface area contributed by atoms with Gasteiger partial charge in [0.05, 0.1) is 17.7 Å². The summed E-state index contributed by atoms with van der Waals surface area (Å²) in [6.45, 7) is 2.27. The molecule has 5 nitrogen and oxygen atoms in total. The van der Waals surface area contributed by atoms with Crippen molar-refractivity contribution < 1.29 is 14.1 Å². The molecule has 1 aromatic heterocycles. The predicted molar refractivity (Wildman–Crippen MR) is 80.7 cm³/mol. The molecule has 0 aliphatic carbocycles. The van der Waals surface area contributed by atoms with E-state index >= 15 is 0 Å². The van der Waals surface area contributed by atoms with E-state index in [1.165, 1.54) is 12.1 Å². The van der Waals surface area contributed by atoms with Gasteiger partial charge in [-0.1, -0.05) is 23.2 Å². The number of furan rings is 1. The summed E-state index contributed by atoms with van der Waals surface area (Å²) in [5, 5.41) is 10.5. The van der Waals surface area contributed by atoms with E-state index in [-0.39, 0.29) is 11.6 Å². The number of hydrogen-bond donors (Lipinski definition) is 0. The molecular formula is C13H10Cl3NO4. The van der Waals surface area contributed by atoms with Gasteiger partial charge in [-0.2, -0.15) is 0 Å². The molecule has 0 aliphatic heterocycles. The second kappa shape index (κ2) is 6.56. The second-order valence-corrected chi connectivity index (χ2v) is 5.28. The van der Waals surface area contributed by atoms with Gasteiger partial charge in [0.25, 0.3) is 0 Å². The summed E-state index contributed by atoms with van der Waals surface area (Å²) in [6, 6.07) is 5.77. The van der Waals surface area contributed by atoms with Crippen LogP contribution in [0.5, 0.6) is 5.75 Å². The first-order valence-corrected chi connectivity index (χ1v) is 7.13. The van der Waals surface area contributed by atoms with Gasteiger partial charge in [-0.15, -0.1) is 11.6 Å². The maximum atomic E-state index is 10.6. The van der Waals surface area contributed by atoms with Gasteiger partial charge in [0.2, 0.25) is 0 Å². The van der Waals surface area contributed by atoms with Gasteiger partial charge < -0.3 is 9.15 Å². The van der Waals surface area contributed by atoms with E-state index in [0.29, 0.717) is 28.0 Å². The van der Waals surface area contributed by atoms with Crippen molar-refractivity contribution in [3.8, 4) is 5.75 Å². The summed E-state index contributed by atoms with van der Waals surface area (Å²) in [7, 11) is 0. The minimum absolute atomic E-state index is 0.213. The van der Waals surface area contributed by atoms with Crippen LogP contribution in [0.25, 0.3) is 0 Å². The van der Waals surface area contributed by atoms with Crippen molar-refractivity contribution in [2.24, 2.45) is 0 Å². The maximum Gasteiger partial charge on any atom is 0.433 e. The van der Waals surface area contributed by atoms with Crippen molar-refractivity contribution in [1.29, 1.82) is 0 Å². The Morgan fingerprint density at radius 3 is 2.62 bits per heavy atom. The number of halogens is 3. The highest BCUT2D eigenvalue weighted by molar-refractivity contribution is 6.36. The fraction of sp³-hybridized carbons (Fsp3) is 0.231. The lowest BCUT2D eigenvalue weighted by Gasteiger charge is -2.12. The van der Waals surface area contributed by atoms with Crippen molar-refractivity contribution in [2.75, 3.05) is 6.61 Å². The molecule has 0 saturated heterocycles. The van der Waals surface area contributed by atoms with E-state index < -0.39 is 10.3 Å². The van der Waals surface area contributed by atoms with Crippen LogP contribution >= 0.6 is 34.8 Å². The highest BCUT2D eigenvalue weighted by Gasteiger charge is 2.22. The molecule has 1 aromatic carbocycles. The monoisotopic (exact) mass is 349 g/mol. The van der Waals surface area contributed by atoms with Gasteiger partial charge in [0.1, 0.15) is 21.8 Å². The molecular weight excluding hydrogens is 341 g/mol. The molecule has 112 valence electrons. The Balaban J connectivity index is 2.36. The topological polar surface area (TPSA) is 65.5 Å². The average Bonchev–Trinajstić information content (AvgIpc) is 2.92. The van der Waals surface area contributed by atoms with Crippen molar-refractivity contribution in [3.05, 3.63) is 55.7 Å². The van der Waals surface area contributed by atoms with Gasteiger partial charge in [0.15, 0.2) is 0 Å².